The van der Waals surface area contributed by atoms with Crippen molar-refractivity contribution < 1.29 is 23.9 Å². The molecule has 0 aliphatic carbocycles. The summed E-state index contributed by atoms with van der Waals surface area (Å²) in [6.45, 7) is 4.06. The Bertz CT molecular complexity index is 1420. The van der Waals surface area contributed by atoms with Crippen molar-refractivity contribution in [1.29, 1.82) is 0 Å². The fraction of sp³-hybridized carbons (Fsp3) is 0.214. The lowest BCUT2D eigenvalue weighted by Crippen LogP contribution is -2.30. The number of hydrogen-bond donors (Lipinski definition) is 0. The minimum Gasteiger partial charge on any atom is -0.426 e. The number of ether oxygens (including phenoxy) is 1. The highest BCUT2D eigenvalue weighted by molar-refractivity contribution is 9.10. The predicted octanol–water partition coefficient (Wildman–Crippen LogP) is 5.08. The first-order valence-electron chi connectivity index (χ1n) is 11.7. The summed E-state index contributed by atoms with van der Waals surface area (Å²) >= 11 is 3.33. The van der Waals surface area contributed by atoms with E-state index in [0.717, 1.165) is 17.0 Å². The Morgan fingerprint density at radius 1 is 0.972 bits per heavy atom. The van der Waals surface area contributed by atoms with Gasteiger partial charge in [-0.2, -0.15) is 0 Å². The van der Waals surface area contributed by atoms with Gasteiger partial charge < -0.3 is 9.64 Å². The third-order valence-electron chi connectivity index (χ3n) is 6.59. The van der Waals surface area contributed by atoms with Crippen molar-refractivity contribution in [2.45, 2.75) is 26.7 Å². The smallest absolute Gasteiger partial charge is 0.316 e. The summed E-state index contributed by atoms with van der Waals surface area (Å²) < 4.78 is 6.30. The van der Waals surface area contributed by atoms with Crippen molar-refractivity contribution in [3.63, 3.8) is 0 Å². The van der Waals surface area contributed by atoms with Crippen LogP contribution in [-0.2, 0) is 16.0 Å². The minimum absolute atomic E-state index is 0.0794. The summed E-state index contributed by atoms with van der Waals surface area (Å²) in [7, 11) is 0. The van der Waals surface area contributed by atoms with E-state index < -0.39 is 23.7 Å². The number of rotatable bonds is 5. The van der Waals surface area contributed by atoms with Crippen LogP contribution in [-0.4, -0.2) is 30.2 Å². The largest absolute Gasteiger partial charge is 0.426 e. The van der Waals surface area contributed by atoms with Gasteiger partial charge in [0.05, 0.1) is 22.7 Å². The molecular weight excluding hydrogens is 524 g/mol. The number of esters is 1. The van der Waals surface area contributed by atoms with Gasteiger partial charge in [-0.25, -0.2) is 4.90 Å². The number of carbonyl (C=O) groups is 4. The SMILES string of the molecule is CCc1ccc(N2C[C@H](C(=O)Oc3ccc(N4C(=O)c5ccc(Br)cc5C4=O)c(C)c3)CC2=O)cc1. The van der Waals surface area contributed by atoms with Gasteiger partial charge >= 0.3 is 5.97 Å². The highest BCUT2D eigenvalue weighted by Crippen LogP contribution is 2.34. The first-order valence-corrected chi connectivity index (χ1v) is 12.5. The van der Waals surface area contributed by atoms with Gasteiger partial charge in [-0.3, -0.25) is 19.2 Å². The van der Waals surface area contributed by atoms with E-state index in [1.54, 1.807) is 48.2 Å². The molecule has 36 heavy (non-hydrogen) atoms. The zero-order valence-electron chi connectivity index (χ0n) is 19.8. The van der Waals surface area contributed by atoms with Crippen molar-refractivity contribution >= 4 is 51.0 Å². The van der Waals surface area contributed by atoms with Crippen molar-refractivity contribution in [3.05, 3.63) is 87.4 Å². The molecule has 5 rings (SSSR count). The summed E-state index contributed by atoms with van der Waals surface area (Å²) in [5.41, 5.74) is 3.65. The number of carbonyl (C=O) groups excluding carboxylic acids is 4. The predicted molar refractivity (Wildman–Crippen MR) is 138 cm³/mol. The molecule has 2 heterocycles. The maximum Gasteiger partial charge on any atom is 0.316 e. The number of benzene rings is 3. The topological polar surface area (TPSA) is 84.0 Å². The van der Waals surface area contributed by atoms with Gasteiger partial charge in [0.25, 0.3) is 11.8 Å². The zero-order chi connectivity index (χ0) is 25.6. The van der Waals surface area contributed by atoms with E-state index in [1.807, 2.05) is 24.3 Å². The number of hydrogen-bond acceptors (Lipinski definition) is 5. The lowest BCUT2D eigenvalue weighted by molar-refractivity contribution is -0.139. The molecule has 1 fully saturated rings. The van der Waals surface area contributed by atoms with Crippen LogP contribution < -0.4 is 14.5 Å². The maximum absolute atomic E-state index is 12.9. The average Bonchev–Trinajstić information content (AvgIpc) is 3.37. The van der Waals surface area contributed by atoms with Crippen molar-refractivity contribution in [2.75, 3.05) is 16.3 Å². The molecule has 182 valence electrons. The van der Waals surface area contributed by atoms with Crippen LogP contribution in [0.3, 0.4) is 0 Å². The van der Waals surface area contributed by atoms with Crippen LogP contribution in [0.4, 0.5) is 11.4 Å². The molecule has 3 aromatic rings. The second-order valence-electron chi connectivity index (χ2n) is 8.93. The summed E-state index contributed by atoms with van der Waals surface area (Å²) in [5, 5.41) is 0. The fourth-order valence-corrected chi connectivity index (χ4v) is 4.96. The van der Waals surface area contributed by atoms with E-state index in [9.17, 15) is 19.2 Å². The van der Waals surface area contributed by atoms with E-state index in [0.29, 0.717) is 32.6 Å². The molecule has 0 saturated carbocycles. The lowest BCUT2D eigenvalue weighted by atomic mass is 10.1. The maximum atomic E-state index is 12.9. The summed E-state index contributed by atoms with van der Waals surface area (Å²) in [4.78, 5) is 54.0. The van der Waals surface area contributed by atoms with Crippen LogP contribution in [0.2, 0.25) is 0 Å². The third kappa shape index (κ3) is 4.22. The molecule has 0 radical (unpaired) electrons. The van der Waals surface area contributed by atoms with Crippen molar-refractivity contribution in [1.82, 2.24) is 0 Å². The van der Waals surface area contributed by atoms with Gasteiger partial charge in [0, 0.05) is 23.1 Å². The molecule has 0 bridgehead atoms. The standard InChI is InChI=1S/C28H23BrN2O5/c1-3-17-4-7-20(8-5-17)30-15-18(13-25(30)32)28(35)36-21-9-11-24(16(2)12-21)31-26(33)22-10-6-19(29)14-23(22)27(31)34/h4-12,14,18H,3,13,15H2,1-2H3/t18-/m1/s1. The Kier molecular flexibility index (Phi) is 6.22. The summed E-state index contributed by atoms with van der Waals surface area (Å²) in [6.07, 6.45) is 0.988. The quantitative estimate of drug-likeness (QED) is 0.253. The molecule has 8 heteroatoms. The average molecular weight is 547 g/mol. The molecule has 0 unspecified atom stereocenters. The number of amides is 3. The summed E-state index contributed by atoms with van der Waals surface area (Å²) in [5.74, 6) is -1.71. The van der Waals surface area contributed by atoms with E-state index in [2.05, 4.69) is 22.9 Å². The Morgan fingerprint density at radius 2 is 1.69 bits per heavy atom. The monoisotopic (exact) mass is 546 g/mol. The minimum atomic E-state index is -0.585. The van der Waals surface area contributed by atoms with Gasteiger partial charge in [-0.1, -0.05) is 35.0 Å². The molecule has 0 aromatic heterocycles. The van der Waals surface area contributed by atoms with Crippen LogP contribution in [0.5, 0.6) is 5.75 Å². The molecule has 0 spiro atoms. The van der Waals surface area contributed by atoms with Crippen LogP contribution in [0, 0.1) is 12.8 Å². The zero-order valence-corrected chi connectivity index (χ0v) is 21.4. The van der Waals surface area contributed by atoms with Gasteiger partial charge in [-0.15, -0.1) is 0 Å². The molecule has 7 nitrogen and oxygen atoms in total. The number of anilines is 2. The molecule has 1 atom stereocenters. The van der Waals surface area contributed by atoms with E-state index in [4.69, 9.17) is 4.74 Å². The number of aryl methyl sites for hydroxylation is 2. The van der Waals surface area contributed by atoms with E-state index in [1.165, 1.54) is 5.56 Å². The normalized spacial score (nSPS) is 17.1. The summed E-state index contributed by atoms with van der Waals surface area (Å²) in [6, 6.07) is 17.5. The van der Waals surface area contributed by atoms with Crippen molar-refractivity contribution in [3.8, 4) is 5.75 Å². The Morgan fingerprint density at radius 3 is 2.39 bits per heavy atom. The molecule has 2 aliphatic heterocycles. The third-order valence-corrected chi connectivity index (χ3v) is 7.08. The molecule has 0 N–H and O–H groups in total. The molecule has 3 aromatic carbocycles. The number of halogens is 1. The number of imide groups is 1. The van der Waals surface area contributed by atoms with Gasteiger partial charge in [0.1, 0.15) is 5.75 Å². The van der Waals surface area contributed by atoms with E-state index in [-0.39, 0.29) is 18.9 Å². The van der Waals surface area contributed by atoms with Gasteiger partial charge in [0.2, 0.25) is 5.91 Å². The first kappa shape index (κ1) is 23.9. The van der Waals surface area contributed by atoms with Crippen molar-refractivity contribution in [2.24, 2.45) is 5.92 Å². The van der Waals surface area contributed by atoms with Crippen LogP contribution in [0.25, 0.3) is 0 Å². The second-order valence-corrected chi connectivity index (χ2v) is 9.85. The second kappa shape index (κ2) is 9.35. The number of fused-ring (bicyclic) bond motifs is 1. The molecule has 3 amide bonds. The molecule has 2 aliphatic rings. The molecule has 1 saturated heterocycles. The first-order chi connectivity index (χ1) is 17.3. The highest BCUT2D eigenvalue weighted by Gasteiger charge is 2.38. The van der Waals surface area contributed by atoms with E-state index >= 15 is 0 Å². The van der Waals surface area contributed by atoms with Crippen LogP contribution >= 0.6 is 15.9 Å². The van der Waals surface area contributed by atoms with Crippen LogP contribution in [0.1, 0.15) is 45.2 Å². The number of nitrogens with zero attached hydrogens (tertiary/aromatic N) is 2. The Labute approximate surface area is 216 Å². The van der Waals surface area contributed by atoms with Gasteiger partial charge in [0.15, 0.2) is 0 Å². The molecular formula is C28H23BrN2O5. The Balaban J connectivity index is 1.29. The lowest BCUT2D eigenvalue weighted by Gasteiger charge is -2.18. The highest BCUT2D eigenvalue weighted by atomic mass is 79.9. The van der Waals surface area contributed by atoms with Gasteiger partial charge in [-0.05, 0) is 73.0 Å². The van der Waals surface area contributed by atoms with Crippen LogP contribution in [0.15, 0.2) is 65.1 Å². The Hall–Kier alpha value is -3.78. The fourth-order valence-electron chi connectivity index (χ4n) is 4.60.